The molecule has 2 rings (SSSR count). The Morgan fingerprint density at radius 3 is 2.68 bits per heavy atom. The van der Waals surface area contributed by atoms with Crippen molar-refractivity contribution in [3.05, 3.63) is 52.2 Å². The standard InChI is InChI=1S/C17H20N2O2S/c1-3-19(14-7-4-6-13(2)10-14)17(21)12-18-16(20)11-15-8-5-9-22-15/h4-10H,3,11-12H2,1-2H3,(H,18,20). The first-order valence-corrected chi connectivity index (χ1v) is 8.14. The molecule has 0 atom stereocenters. The van der Waals surface area contributed by atoms with Crippen LogP contribution >= 0.6 is 11.3 Å². The average molecular weight is 316 g/mol. The van der Waals surface area contributed by atoms with Gasteiger partial charge in [-0.2, -0.15) is 0 Å². The van der Waals surface area contributed by atoms with E-state index in [1.54, 1.807) is 4.90 Å². The summed E-state index contributed by atoms with van der Waals surface area (Å²) in [6.45, 7) is 4.51. The molecule has 0 aliphatic rings. The first-order valence-electron chi connectivity index (χ1n) is 7.26. The summed E-state index contributed by atoms with van der Waals surface area (Å²) in [7, 11) is 0. The number of carbonyl (C=O) groups is 2. The monoisotopic (exact) mass is 316 g/mol. The van der Waals surface area contributed by atoms with Gasteiger partial charge < -0.3 is 10.2 Å². The van der Waals surface area contributed by atoms with E-state index >= 15 is 0 Å². The Balaban J connectivity index is 1.91. The predicted octanol–water partition coefficient (Wildman–Crippen LogP) is 2.77. The Bertz CT molecular complexity index is 638. The van der Waals surface area contributed by atoms with Gasteiger partial charge >= 0.3 is 0 Å². The van der Waals surface area contributed by atoms with E-state index in [1.807, 2.05) is 55.6 Å². The fourth-order valence-electron chi connectivity index (χ4n) is 2.20. The first-order chi connectivity index (χ1) is 10.6. The van der Waals surface area contributed by atoms with Gasteiger partial charge in [0, 0.05) is 17.1 Å². The Morgan fingerprint density at radius 1 is 1.23 bits per heavy atom. The fourth-order valence-corrected chi connectivity index (χ4v) is 2.91. The lowest BCUT2D eigenvalue weighted by molar-refractivity contribution is -0.124. The van der Waals surface area contributed by atoms with E-state index in [2.05, 4.69) is 5.32 Å². The number of benzene rings is 1. The maximum Gasteiger partial charge on any atom is 0.246 e. The summed E-state index contributed by atoms with van der Waals surface area (Å²) < 4.78 is 0. The van der Waals surface area contributed by atoms with Crippen LogP contribution in [0.2, 0.25) is 0 Å². The Kier molecular flexibility index (Phi) is 5.72. The van der Waals surface area contributed by atoms with Crippen LogP contribution in [0.3, 0.4) is 0 Å². The highest BCUT2D eigenvalue weighted by Gasteiger charge is 2.15. The number of carbonyl (C=O) groups excluding carboxylic acids is 2. The number of likely N-dealkylation sites (N-methyl/N-ethyl adjacent to an activating group) is 1. The second-order valence-corrected chi connectivity index (χ2v) is 6.04. The van der Waals surface area contributed by atoms with Gasteiger partial charge in [-0.1, -0.05) is 18.2 Å². The quantitative estimate of drug-likeness (QED) is 0.891. The molecule has 0 aliphatic heterocycles. The predicted molar refractivity (Wildman–Crippen MR) is 90.2 cm³/mol. The zero-order valence-electron chi connectivity index (χ0n) is 12.8. The second-order valence-electron chi connectivity index (χ2n) is 5.01. The number of rotatable bonds is 6. The Hall–Kier alpha value is -2.14. The third kappa shape index (κ3) is 4.43. The molecular weight excluding hydrogens is 296 g/mol. The lowest BCUT2D eigenvalue weighted by Crippen LogP contribution is -2.40. The normalized spacial score (nSPS) is 10.3. The summed E-state index contributed by atoms with van der Waals surface area (Å²) in [5, 5.41) is 4.63. The van der Waals surface area contributed by atoms with Gasteiger partial charge in [-0.25, -0.2) is 0 Å². The molecule has 0 aliphatic carbocycles. The van der Waals surface area contributed by atoms with Crippen LogP contribution in [0.15, 0.2) is 41.8 Å². The molecule has 1 aromatic carbocycles. The van der Waals surface area contributed by atoms with Gasteiger partial charge in [-0.3, -0.25) is 9.59 Å². The van der Waals surface area contributed by atoms with E-state index < -0.39 is 0 Å². The van der Waals surface area contributed by atoms with Crippen LogP contribution in [-0.2, 0) is 16.0 Å². The summed E-state index contributed by atoms with van der Waals surface area (Å²) in [4.78, 5) is 26.8. The van der Waals surface area contributed by atoms with Crippen molar-refractivity contribution < 1.29 is 9.59 Å². The Labute approximate surface area is 134 Å². The fraction of sp³-hybridized carbons (Fsp3) is 0.294. The van der Waals surface area contributed by atoms with Crippen molar-refractivity contribution in [1.82, 2.24) is 5.32 Å². The minimum Gasteiger partial charge on any atom is -0.347 e. The van der Waals surface area contributed by atoms with Crippen LogP contribution in [0.25, 0.3) is 0 Å². The summed E-state index contributed by atoms with van der Waals surface area (Å²) in [5.41, 5.74) is 1.96. The SMILES string of the molecule is CCN(C(=O)CNC(=O)Cc1cccs1)c1cccc(C)c1. The van der Waals surface area contributed by atoms with Gasteiger partial charge in [-0.15, -0.1) is 11.3 Å². The van der Waals surface area contributed by atoms with Gasteiger partial charge in [-0.05, 0) is 43.0 Å². The average Bonchev–Trinajstić information content (AvgIpc) is 2.99. The minimum absolute atomic E-state index is 0.0198. The second kappa shape index (κ2) is 7.75. The maximum absolute atomic E-state index is 12.3. The van der Waals surface area contributed by atoms with Crippen LogP contribution in [0.4, 0.5) is 5.69 Å². The first kappa shape index (κ1) is 16.2. The summed E-state index contributed by atoms with van der Waals surface area (Å²) >= 11 is 1.54. The minimum atomic E-state index is -0.129. The lowest BCUT2D eigenvalue weighted by atomic mass is 10.2. The molecule has 0 saturated carbocycles. The van der Waals surface area contributed by atoms with Crippen LogP contribution in [-0.4, -0.2) is 24.9 Å². The van der Waals surface area contributed by atoms with E-state index in [0.717, 1.165) is 16.1 Å². The summed E-state index contributed by atoms with van der Waals surface area (Å²) in [6, 6.07) is 11.6. The van der Waals surface area contributed by atoms with E-state index in [0.29, 0.717) is 13.0 Å². The van der Waals surface area contributed by atoms with Crippen molar-refractivity contribution in [3.8, 4) is 0 Å². The number of hydrogen-bond acceptors (Lipinski definition) is 3. The van der Waals surface area contributed by atoms with Crippen molar-refractivity contribution in [1.29, 1.82) is 0 Å². The third-order valence-electron chi connectivity index (χ3n) is 3.28. The van der Waals surface area contributed by atoms with Crippen LogP contribution < -0.4 is 10.2 Å². The molecule has 1 aromatic heterocycles. The molecule has 0 unspecified atom stereocenters. The van der Waals surface area contributed by atoms with Crippen molar-refractivity contribution >= 4 is 28.8 Å². The molecule has 0 bridgehead atoms. The highest BCUT2D eigenvalue weighted by molar-refractivity contribution is 7.10. The van der Waals surface area contributed by atoms with E-state index in [9.17, 15) is 9.59 Å². The number of amides is 2. The van der Waals surface area contributed by atoms with Gasteiger partial charge in [0.2, 0.25) is 11.8 Å². The number of nitrogens with zero attached hydrogens (tertiary/aromatic N) is 1. The topological polar surface area (TPSA) is 49.4 Å². The van der Waals surface area contributed by atoms with Crippen molar-refractivity contribution in [2.75, 3.05) is 18.0 Å². The molecule has 1 heterocycles. The molecule has 4 nitrogen and oxygen atoms in total. The summed E-state index contributed by atoms with van der Waals surface area (Å²) in [6.07, 6.45) is 0.321. The molecule has 5 heteroatoms. The van der Waals surface area contributed by atoms with E-state index in [1.165, 1.54) is 11.3 Å². The van der Waals surface area contributed by atoms with Crippen LogP contribution in [0.5, 0.6) is 0 Å². The maximum atomic E-state index is 12.3. The van der Waals surface area contributed by atoms with Gasteiger partial charge in [0.05, 0.1) is 13.0 Å². The molecular formula is C17H20N2O2S. The van der Waals surface area contributed by atoms with E-state index in [4.69, 9.17) is 0 Å². The van der Waals surface area contributed by atoms with Crippen LogP contribution in [0, 0.1) is 6.92 Å². The molecule has 0 radical (unpaired) electrons. The number of anilines is 1. The highest BCUT2D eigenvalue weighted by Crippen LogP contribution is 2.15. The molecule has 22 heavy (non-hydrogen) atoms. The van der Waals surface area contributed by atoms with E-state index in [-0.39, 0.29) is 18.4 Å². The highest BCUT2D eigenvalue weighted by atomic mass is 32.1. The zero-order valence-corrected chi connectivity index (χ0v) is 13.7. The smallest absolute Gasteiger partial charge is 0.246 e. The third-order valence-corrected chi connectivity index (χ3v) is 4.16. The van der Waals surface area contributed by atoms with Crippen molar-refractivity contribution in [3.63, 3.8) is 0 Å². The molecule has 0 fully saturated rings. The largest absolute Gasteiger partial charge is 0.347 e. The van der Waals surface area contributed by atoms with Gasteiger partial charge in [0.25, 0.3) is 0 Å². The summed E-state index contributed by atoms with van der Waals surface area (Å²) in [5.74, 6) is -0.233. The molecule has 2 aromatic rings. The molecule has 0 spiro atoms. The zero-order chi connectivity index (χ0) is 15.9. The Morgan fingerprint density at radius 2 is 2.05 bits per heavy atom. The van der Waals surface area contributed by atoms with Crippen molar-refractivity contribution in [2.24, 2.45) is 0 Å². The number of nitrogens with one attached hydrogen (secondary N) is 1. The van der Waals surface area contributed by atoms with Gasteiger partial charge in [0.1, 0.15) is 0 Å². The number of hydrogen-bond donors (Lipinski definition) is 1. The molecule has 116 valence electrons. The van der Waals surface area contributed by atoms with Crippen LogP contribution in [0.1, 0.15) is 17.4 Å². The van der Waals surface area contributed by atoms with Gasteiger partial charge in [0.15, 0.2) is 0 Å². The lowest BCUT2D eigenvalue weighted by Gasteiger charge is -2.21. The van der Waals surface area contributed by atoms with Crippen molar-refractivity contribution in [2.45, 2.75) is 20.3 Å². The molecule has 0 saturated heterocycles. The number of thiophene rings is 1. The molecule has 2 amide bonds. The molecule has 1 N–H and O–H groups in total. The number of aryl methyl sites for hydroxylation is 1.